The lowest BCUT2D eigenvalue weighted by atomic mass is 9.83. The Morgan fingerprint density at radius 1 is 1.31 bits per heavy atom. The second-order valence-electron chi connectivity index (χ2n) is 7.48. The van der Waals surface area contributed by atoms with Crippen molar-refractivity contribution in [2.24, 2.45) is 0 Å². The monoisotopic (exact) mass is 405 g/mol. The minimum absolute atomic E-state index is 0.00799. The third kappa shape index (κ3) is 3.51. The van der Waals surface area contributed by atoms with E-state index in [9.17, 15) is 10.4 Å². The molecule has 3 N–H and O–H groups in total. The number of aromatic nitrogens is 2. The van der Waals surface area contributed by atoms with Crippen molar-refractivity contribution in [2.45, 2.75) is 19.3 Å². The maximum Gasteiger partial charge on any atom is 0.227 e. The van der Waals surface area contributed by atoms with Gasteiger partial charge in [0.15, 0.2) is 0 Å². The molecule has 0 saturated carbocycles. The van der Waals surface area contributed by atoms with E-state index in [1.165, 1.54) is 0 Å². The van der Waals surface area contributed by atoms with E-state index in [-0.39, 0.29) is 6.61 Å². The number of hydrogen-bond donors (Lipinski definition) is 3. The zero-order chi connectivity index (χ0) is 20.6. The molecular weight excluding hydrogens is 386 g/mol. The number of nitrogens with one attached hydrogen (secondary N) is 2. The zero-order valence-electron chi connectivity index (χ0n) is 16.1. The number of aryl methyl sites for hydroxylation is 1. The fraction of sp³-hybridized carbons (Fsp3) is 0.227. The molecule has 1 atom stereocenters. The number of aliphatic hydroxyl groups is 1. The summed E-state index contributed by atoms with van der Waals surface area (Å²) in [5.41, 5.74) is 5.15. The molecule has 1 aliphatic rings. The molecule has 6 nitrogen and oxygen atoms in total. The minimum Gasteiger partial charge on any atom is -0.395 e. The van der Waals surface area contributed by atoms with Gasteiger partial charge in [-0.3, -0.25) is 0 Å². The maximum absolute atomic E-state index is 9.88. The Hall–Kier alpha value is -3.14. The Kier molecular flexibility index (Phi) is 4.87. The number of hydrogen-bond acceptors (Lipinski definition) is 6. The molecule has 3 aromatic rings. The third-order valence-electron chi connectivity index (χ3n) is 5.31. The predicted octanol–water partition coefficient (Wildman–Crippen LogP) is 4.40. The summed E-state index contributed by atoms with van der Waals surface area (Å²) < 4.78 is 0. The summed E-state index contributed by atoms with van der Waals surface area (Å²) in [4.78, 5) is 8.93. The molecule has 146 valence electrons. The largest absolute Gasteiger partial charge is 0.395 e. The Bertz CT molecular complexity index is 1140. The molecule has 1 aliphatic heterocycles. The van der Waals surface area contributed by atoms with Gasteiger partial charge in [-0.15, -0.1) is 0 Å². The van der Waals surface area contributed by atoms with Gasteiger partial charge in [0.25, 0.3) is 0 Å². The first kappa shape index (κ1) is 19.2. The van der Waals surface area contributed by atoms with Gasteiger partial charge in [0, 0.05) is 34.4 Å². The van der Waals surface area contributed by atoms with E-state index in [4.69, 9.17) is 11.6 Å². The standard InChI is InChI=1S/C22H20ClN5O/c1-13-3-4-16(23)9-19(13)28-21-25-6-5-18(27-21)14-7-15(10-24)20-17(8-14)22(2,12-29)11-26-20/h3-9,26,29H,11-12H2,1-2H3,(H,25,27,28). The number of nitrogens with zero attached hydrogens (tertiary/aromatic N) is 3. The Morgan fingerprint density at radius 3 is 2.90 bits per heavy atom. The zero-order valence-corrected chi connectivity index (χ0v) is 16.9. The SMILES string of the molecule is Cc1ccc(Cl)cc1Nc1nccc(-c2cc(C#N)c3c(c2)C(C)(CO)CN3)n1. The van der Waals surface area contributed by atoms with Crippen LogP contribution >= 0.6 is 11.6 Å². The molecular formula is C22H20ClN5O. The lowest BCUT2D eigenvalue weighted by Crippen LogP contribution is -2.28. The highest BCUT2D eigenvalue weighted by molar-refractivity contribution is 6.30. The summed E-state index contributed by atoms with van der Waals surface area (Å²) in [5, 5.41) is 26.6. The van der Waals surface area contributed by atoms with E-state index in [1.54, 1.807) is 12.3 Å². The number of fused-ring (bicyclic) bond motifs is 1. The smallest absolute Gasteiger partial charge is 0.227 e. The molecule has 2 heterocycles. The first-order chi connectivity index (χ1) is 13.9. The molecule has 0 radical (unpaired) electrons. The summed E-state index contributed by atoms with van der Waals surface area (Å²) >= 11 is 6.10. The van der Waals surface area contributed by atoms with Crippen LogP contribution in [0.25, 0.3) is 11.3 Å². The average Bonchev–Trinajstić information content (AvgIpc) is 3.08. The van der Waals surface area contributed by atoms with Crippen LogP contribution < -0.4 is 10.6 Å². The first-order valence-corrected chi connectivity index (χ1v) is 9.61. The van der Waals surface area contributed by atoms with Gasteiger partial charge in [0.1, 0.15) is 6.07 Å². The van der Waals surface area contributed by atoms with Gasteiger partial charge in [0.2, 0.25) is 5.95 Å². The Balaban J connectivity index is 1.75. The number of benzene rings is 2. The molecule has 0 saturated heterocycles. The van der Waals surface area contributed by atoms with E-state index in [0.717, 1.165) is 28.1 Å². The van der Waals surface area contributed by atoms with E-state index in [0.29, 0.717) is 28.8 Å². The van der Waals surface area contributed by atoms with E-state index in [2.05, 4.69) is 26.7 Å². The van der Waals surface area contributed by atoms with Gasteiger partial charge in [-0.2, -0.15) is 5.26 Å². The minimum atomic E-state index is -0.442. The van der Waals surface area contributed by atoms with Crippen LogP contribution in [0.3, 0.4) is 0 Å². The predicted molar refractivity (Wildman–Crippen MR) is 115 cm³/mol. The summed E-state index contributed by atoms with van der Waals surface area (Å²) in [6, 6.07) is 13.4. The van der Waals surface area contributed by atoms with Crippen molar-refractivity contribution >= 4 is 28.9 Å². The molecule has 7 heteroatoms. The fourth-order valence-electron chi connectivity index (χ4n) is 3.49. The molecule has 2 aromatic carbocycles. The van der Waals surface area contributed by atoms with Crippen LogP contribution in [0.2, 0.25) is 5.02 Å². The van der Waals surface area contributed by atoms with Crippen LogP contribution in [-0.2, 0) is 5.41 Å². The second kappa shape index (κ2) is 7.36. The van der Waals surface area contributed by atoms with Crippen LogP contribution in [-0.4, -0.2) is 28.2 Å². The number of rotatable bonds is 4. The van der Waals surface area contributed by atoms with Crippen molar-refractivity contribution in [3.8, 4) is 17.3 Å². The molecule has 0 spiro atoms. The molecule has 0 fully saturated rings. The number of aliphatic hydroxyl groups excluding tert-OH is 1. The number of nitriles is 1. The van der Waals surface area contributed by atoms with Crippen molar-refractivity contribution in [2.75, 3.05) is 23.8 Å². The molecule has 0 amide bonds. The van der Waals surface area contributed by atoms with Crippen molar-refractivity contribution in [3.05, 3.63) is 64.3 Å². The molecule has 29 heavy (non-hydrogen) atoms. The highest BCUT2D eigenvalue weighted by Crippen LogP contribution is 2.41. The second-order valence-corrected chi connectivity index (χ2v) is 7.92. The fourth-order valence-corrected chi connectivity index (χ4v) is 3.67. The van der Waals surface area contributed by atoms with Crippen LogP contribution in [0.1, 0.15) is 23.6 Å². The molecule has 1 unspecified atom stereocenters. The highest BCUT2D eigenvalue weighted by atomic mass is 35.5. The normalized spacial score (nSPS) is 17.3. The average molecular weight is 406 g/mol. The number of halogens is 1. The van der Waals surface area contributed by atoms with Gasteiger partial charge in [-0.25, -0.2) is 9.97 Å². The summed E-state index contributed by atoms with van der Waals surface area (Å²) in [7, 11) is 0. The number of anilines is 3. The van der Waals surface area contributed by atoms with Crippen LogP contribution in [0.15, 0.2) is 42.6 Å². The van der Waals surface area contributed by atoms with E-state index < -0.39 is 5.41 Å². The van der Waals surface area contributed by atoms with Gasteiger partial charge in [-0.1, -0.05) is 24.6 Å². The maximum atomic E-state index is 9.88. The highest BCUT2D eigenvalue weighted by Gasteiger charge is 2.35. The van der Waals surface area contributed by atoms with Crippen LogP contribution in [0.4, 0.5) is 17.3 Å². The van der Waals surface area contributed by atoms with Crippen molar-refractivity contribution in [1.29, 1.82) is 5.26 Å². The van der Waals surface area contributed by atoms with Crippen LogP contribution in [0, 0.1) is 18.3 Å². The summed E-state index contributed by atoms with van der Waals surface area (Å²) in [5.74, 6) is 0.440. The summed E-state index contributed by atoms with van der Waals surface area (Å²) in [6.07, 6.45) is 1.67. The van der Waals surface area contributed by atoms with E-state index >= 15 is 0 Å². The Morgan fingerprint density at radius 2 is 2.14 bits per heavy atom. The van der Waals surface area contributed by atoms with Crippen molar-refractivity contribution < 1.29 is 5.11 Å². The van der Waals surface area contributed by atoms with Crippen molar-refractivity contribution in [3.63, 3.8) is 0 Å². The van der Waals surface area contributed by atoms with Crippen LogP contribution in [0.5, 0.6) is 0 Å². The Labute approximate surface area is 174 Å². The van der Waals surface area contributed by atoms with E-state index in [1.807, 2.05) is 44.2 Å². The lowest BCUT2D eigenvalue weighted by molar-refractivity contribution is 0.219. The quantitative estimate of drug-likeness (QED) is 0.595. The third-order valence-corrected chi connectivity index (χ3v) is 5.55. The lowest BCUT2D eigenvalue weighted by Gasteiger charge is -2.21. The molecule has 0 bridgehead atoms. The topological polar surface area (TPSA) is 93.9 Å². The molecule has 0 aliphatic carbocycles. The van der Waals surface area contributed by atoms with Gasteiger partial charge >= 0.3 is 0 Å². The van der Waals surface area contributed by atoms with Gasteiger partial charge in [0.05, 0.1) is 23.6 Å². The van der Waals surface area contributed by atoms with Gasteiger partial charge < -0.3 is 15.7 Å². The van der Waals surface area contributed by atoms with Crippen molar-refractivity contribution in [1.82, 2.24) is 9.97 Å². The first-order valence-electron chi connectivity index (χ1n) is 9.23. The molecule has 1 aromatic heterocycles. The molecule has 4 rings (SSSR count). The van der Waals surface area contributed by atoms with Gasteiger partial charge in [-0.05, 0) is 48.4 Å². The summed E-state index contributed by atoms with van der Waals surface area (Å²) in [6.45, 7) is 4.53.